The van der Waals surface area contributed by atoms with Gasteiger partial charge in [0.15, 0.2) is 0 Å². The molecule has 0 radical (unpaired) electrons. The fourth-order valence-corrected chi connectivity index (χ4v) is 3.53. The van der Waals surface area contributed by atoms with E-state index in [1.54, 1.807) is 18.4 Å². The third-order valence-electron chi connectivity index (χ3n) is 3.77. The molecule has 1 heterocycles. The molecule has 0 fully saturated rings. The van der Waals surface area contributed by atoms with Crippen LogP contribution in [0.4, 0.5) is 0 Å². The Bertz CT molecular complexity index is 735. The van der Waals surface area contributed by atoms with Gasteiger partial charge in [-0.25, -0.2) is 0 Å². The highest BCUT2D eigenvalue weighted by Crippen LogP contribution is 2.28. The first-order chi connectivity index (χ1) is 10.3. The summed E-state index contributed by atoms with van der Waals surface area (Å²) in [7, 11) is 1.72. The lowest BCUT2D eigenvalue weighted by molar-refractivity contribution is 0.401. The first kappa shape index (κ1) is 14.1. The van der Waals surface area contributed by atoms with Gasteiger partial charge in [0.2, 0.25) is 0 Å². The van der Waals surface area contributed by atoms with Crippen LogP contribution in [0.2, 0.25) is 0 Å². The van der Waals surface area contributed by atoms with Gasteiger partial charge in [-0.3, -0.25) is 0 Å². The van der Waals surface area contributed by atoms with E-state index in [2.05, 4.69) is 54.0 Å². The van der Waals surface area contributed by atoms with Crippen LogP contribution in [0.5, 0.6) is 5.75 Å². The maximum Gasteiger partial charge on any atom is 0.123 e. The summed E-state index contributed by atoms with van der Waals surface area (Å²) in [4.78, 5) is 0. The van der Waals surface area contributed by atoms with Gasteiger partial charge in [0.25, 0.3) is 0 Å². The molecule has 3 aromatic rings. The Morgan fingerprint density at radius 2 is 1.86 bits per heavy atom. The molecule has 0 amide bonds. The second-order valence-corrected chi connectivity index (χ2v) is 6.01. The number of rotatable bonds is 5. The highest BCUT2D eigenvalue weighted by molar-refractivity contribution is 7.17. The molecule has 0 aliphatic heterocycles. The zero-order valence-electron chi connectivity index (χ0n) is 12.3. The van der Waals surface area contributed by atoms with E-state index in [1.807, 2.05) is 12.1 Å². The summed E-state index contributed by atoms with van der Waals surface area (Å²) in [5.74, 6) is 0.938. The van der Waals surface area contributed by atoms with Gasteiger partial charge in [-0.1, -0.05) is 36.4 Å². The second kappa shape index (κ2) is 6.29. The zero-order valence-corrected chi connectivity index (χ0v) is 13.1. The van der Waals surface area contributed by atoms with Crippen LogP contribution in [0.3, 0.4) is 0 Å². The van der Waals surface area contributed by atoms with Crippen LogP contribution in [-0.4, -0.2) is 7.11 Å². The highest BCUT2D eigenvalue weighted by atomic mass is 32.1. The van der Waals surface area contributed by atoms with Crippen LogP contribution in [0.15, 0.2) is 53.9 Å². The van der Waals surface area contributed by atoms with Crippen LogP contribution in [0.1, 0.15) is 24.1 Å². The van der Waals surface area contributed by atoms with E-state index in [1.165, 1.54) is 21.2 Å². The van der Waals surface area contributed by atoms with E-state index in [0.29, 0.717) is 0 Å². The van der Waals surface area contributed by atoms with Crippen molar-refractivity contribution in [3.05, 3.63) is 65.0 Å². The minimum atomic E-state index is 0.250. The summed E-state index contributed by atoms with van der Waals surface area (Å²) in [6.45, 7) is 3.04. The van der Waals surface area contributed by atoms with Gasteiger partial charge < -0.3 is 10.1 Å². The highest BCUT2D eigenvalue weighted by Gasteiger charge is 2.11. The lowest BCUT2D eigenvalue weighted by atomic mass is 10.1. The van der Waals surface area contributed by atoms with E-state index in [9.17, 15) is 0 Å². The first-order valence-corrected chi connectivity index (χ1v) is 7.99. The Hall–Kier alpha value is -1.84. The van der Waals surface area contributed by atoms with Crippen molar-refractivity contribution in [2.75, 3.05) is 7.11 Å². The predicted molar refractivity (Wildman–Crippen MR) is 90.1 cm³/mol. The van der Waals surface area contributed by atoms with Crippen molar-refractivity contribution in [2.45, 2.75) is 19.5 Å². The molecular formula is C18H19NOS. The van der Waals surface area contributed by atoms with Crippen molar-refractivity contribution in [1.29, 1.82) is 0 Å². The maximum absolute atomic E-state index is 5.44. The van der Waals surface area contributed by atoms with Crippen LogP contribution in [0.25, 0.3) is 10.1 Å². The molecule has 2 aromatic carbocycles. The van der Waals surface area contributed by atoms with Crippen molar-refractivity contribution < 1.29 is 4.74 Å². The summed E-state index contributed by atoms with van der Waals surface area (Å²) in [5.41, 5.74) is 2.55. The number of hydrogen-bond acceptors (Lipinski definition) is 3. The molecule has 0 aliphatic carbocycles. The van der Waals surface area contributed by atoms with Crippen LogP contribution in [0, 0.1) is 0 Å². The molecule has 0 saturated carbocycles. The molecule has 0 aliphatic rings. The van der Waals surface area contributed by atoms with Gasteiger partial charge in [0.05, 0.1) is 7.11 Å². The molecule has 1 unspecified atom stereocenters. The second-order valence-electron chi connectivity index (χ2n) is 5.10. The molecule has 108 valence electrons. The van der Waals surface area contributed by atoms with E-state index in [0.717, 1.165) is 12.3 Å². The average Bonchev–Trinajstić information content (AvgIpc) is 2.96. The van der Waals surface area contributed by atoms with Gasteiger partial charge in [-0.2, -0.15) is 0 Å². The standard InChI is InChI=1S/C18H19NOS/c1-13(15-7-3-5-9-17(15)20-2)19-11-14-12-21-18-10-6-4-8-16(14)18/h3-10,12-13,19H,11H2,1-2H3. The summed E-state index contributed by atoms with van der Waals surface area (Å²) in [6.07, 6.45) is 0. The number of ether oxygens (including phenoxy) is 1. The molecule has 21 heavy (non-hydrogen) atoms. The molecule has 0 saturated heterocycles. The summed E-state index contributed by atoms with van der Waals surface area (Å²) < 4.78 is 6.78. The van der Waals surface area contributed by atoms with Crippen molar-refractivity contribution in [3.63, 3.8) is 0 Å². The third kappa shape index (κ3) is 2.94. The number of nitrogens with one attached hydrogen (secondary N) is 1. The fraction of sp³-hybridized carbons (Fsp3) is 0.222. The molecule has 1 N–H and O–H groups in total. The molecule has 2 nitrogen and oxygen atoms in total. The van der Waals surface area contributed by atoms with Gasteiger partial charge in [0, 0.05) is 22.8 Å². The minimum absolute atomic E-state index is 0.250. The number of fused-ring (bicyclic) bond motifs is 1. The molecule has 0 spiro atoms. The van der Waals surface area contributed by atoms with Gasteiger partial charge >= 0.3 is 0 Å². The Labute approximate surface area is 129 Å². The van der Waals surface area contributed by atoms with Crippen LogP contribution in [-0.2, 0) is 6.54 Å². The lowest BCUT2D eigenvalue weighted by Crippen LogP contribution is -2.18. The van der Waals surface area contributed by atoms with E-state index in [-0.39, 0.29) is 6.04 Å². The van der Waals surface area contributed by atoms with E-state index >= 15 is 0 Å². The molecule has 0 bridgehead atoms. The van der Waals surface area contributed by atoms with Crippen molar-refractivity contribution in [2.24, 2.45) is 0 Å². The number of methoxy groups -OCH3 is 1. The first-order valence-electron chi connectivity index (χ1n) is 7.11. The molecule has 1 atom stereocenters. The van der Waals surface area contributed by atoms with Gasteiger partial charge in [0.1, 0.15) is 5.75 Å². The average molecular weight is 297 g/mol. The molecule has 1 aromatic heterocycles. The lowest BCUT2D eigenvalue weighted by Gasteiger charge is -2.17. The molecular weight excluding hydrogens is 278 g/mol. The van der Waals surface area contributed by atoms with Crippen LogP contribution < -0.4 is 10.1 Å². The summed E-state index contributed by atoms with van der Waals surface area (Å²) in [5, 5.41) is 7.19. The Morgan fingerprint density at radius 3 is 2.71 bits per heavy atom. The van der Waals surface area contributed by atoms with Gasteiger partial charge in [-0.05, 0) is 35.4 Å². The number of para-hydroxylation sites is 1. The Balaban J connectivity index is 1.75. The number of thiophene rings is 1. The van der Waals surface area contributed by atoms with Crippen molar-refractivity contribution >= 4 is 21.4 Å². The number of benzene rings is 2. The topological polar surface area (TPSA) is 21.3 Å². The Morgan fingerprint density at radius 1 is 1.10 bits per heavy atom. The largest absolute Gasteiger partial charge is 0.496 e. The Kier molecular flexibility index (Phi) is 4.23. The summed E-state index contributed by atoms with van der Waals surface area (Å²) >= 11 is 1.80. The number of hydrogen-bond donors (Lipinski definition) is 1. The summed E-state index contributed by atoms with van der Waals surface area (Å²) in [6, 6.07) is 17.0. The zero-order chi connectivity index (χ0) is 14.7. The van der Waals surface area contributed by atoms with E-state index < -0.39 is 0 Å². The SMILES string of the molecule is COc1ccccc1C(C)NCc1csc2ccccc12. The normalized spacial score (nSPS) is 12.5. The fourth-order valence-electron chi connectivity index (χ4n) is 2.57. The van der Waals surface area contributed by atoms with Crippen molar-refractivity contribution in [3.8, 4) is 5.75 Å². The predicted octanol–water partition coefficient (Wildman–Crippen LogP) is 4.76. The van der Waals surface area contributed by atoms with Gasteiger partial charge in [-0.15, -0.1) is 11.3 Å². The van der Waals surface area contributed by atoms with E-state index in [4.69, 9.17) is 4.74 Å². The maximum atomic E-state index is 5.44. The smallest absolute Gasteiger partial charge is 0.123 e. The van der Waals surface area contributed by atoms with Crippen molar-refractivity contribution in [1.82, 2.24) is 5.32 Å². The third-order valence-corrected chi connectivity index (χ3v) is 4.78. The minimum Gasteiger partial charge on any atom is -0.496 e. The quantitative estimate of drug-likeness (QED) is 0.733. The molecule has 3 rings (SSSR count). The van der Waals surface area contributed by atoms with Crippen LogP contribution >= 0.6 is 11.3 Å². The molecule has 3 heteroatoms. The monoisotopic (exact) mass is 297 g/mol.